The Bertz CT molecular complexity index is 1810. The van der Waals surface area contributed by atoms with Crippen molar-refractivity contribution in [2.75, 3.05) is 0 Å². The first-order valence-electron chi connectivity index (χ1n) is 15.3. The van der Waals surface area contributed by atoms with Gasteiger partial charge in [-0.1, -0.05) is 157 Å². The standard InChI is InChI=1S/C38H33NO3P2/c40-43(28-18-8-2-9-19-28,29-20-10-3-11-21-29)37-32-26-33(36-34(32)35(39-42-36)27-16-6-1-7-17-27)38(37)44(41,30-22-12-4-13-23-30)31-24-14-5-15-25-31/h1-25,32-34,36-38H,26H2/t32-,33-,34+,36-,37+,38+/m1/s1. The van der Waals surface area contributed by atoms with Crippen LogP contribution in [0.4, 0.5) is 0 Å². The summed E-state index contributed by atoms with van der Waals surface area (Å²) in [5.41, 5.74) is 1.19. The fourth-order valence-electron chi connectivity index (χ4n) is 8.39. The molecule has 2 fully saturated rings. The summed E-state index contributed by atoms with van der Waals surface area (Å²) >= 11 is 0. The third-order valence-electron chi connectivity index (χ3n) is 10.1. The van der Waals surface area contributed by atoms with Crippen molar-refractivity contribution in [2.45, 2.75) is 23.8 Å². The van der Waals surface area contributed by atoms with E-state index in [0.29, 0.717) is 0 Å². The van der Waals surface area contributed by atoms with Crippen LogP contribution >= 0.6 is 14.3 Å². The molecule has 2 saturated carbocycles. The van der Waals surface area contributed by atoms with Crippen LogP contribution in [0.2, 0.25) is 0 Å². The molecule has 5 aromatic carbocycles. The maximum absolute atomic E-state index is 16.4. The van der Waals surface area contributed by atoms with Gasteiger partial charge in [-0.05, 0) is 17.9 Å². The second-order valence-electron chi connectivity index (χ2n) is 12.1. The van der Waals surface area contributed by atoms with Gasteiger partial charge in [0.15, 0.2) is 0 Å². The summed E-state index contributed by atoms with van der Waals surface area (Å²) in [6.45, 7) is 0. The lowest BCUT2D eigenvalue weighted by molar-refractivity contribution is 0.0293. The van der Waals surface area contributed by atoms with Crippen LogP contribution in [0.1, 0.15) is 12.0 Å². The molecule has 6 heteroatoms. The first kappa shape index (κ1) is 27.6. The van der Waals surface area contributed by atoms with E-state index in [-0.39, 0.29) is 29.5 Å². The van der Waals surface area contributed by atoms with Crippen molar-refractivity contribution in [1.29, 1.82) is 0 Å². The van der Waals surface area contributed by atoms with Crippen molar-refractivity contribution >= 4 is 41.2 Å². The van der Waals surface area contributed by atoms with E-state index in [4.69, 9.17) is 9.99 Å². The number of benzene rings is 5. The van der Waals surface area contributed by atoms with Gasteiger partial charge in [0.25, 0.3) is 0 Å². The van der Waals surface area contributed by atoms with E-state index < -0.39 is 19.9 Å². The quantitative estimate of drug-likeness (QED) is 0.189. The van der Waals surface area contributed by atoms with Gasteiger partial charge in [-0.15, -0.1) is 0 Å². The summed E-state index contributed by atoms with van der Waals surface area (Å²) in [6.07, 6.45) is 0.585. The maximum atomic E-state index is 16.4. The highest BCUT2D eigenvalue weighted by Gasteiger charge is 2.70. The Morgan fingerprint density at radius 3 is 1.27 bits per heavy atom. The summed E-state index contributed by atoms with van der Waals surface area (Å²) in [5, 5.41) is 7.93. The molecule has 44 heavy (non-hydrogen) atoms. The zero-order chi connectivity index (χ0) is 29.7. The second-order valence-corrected chi connectivity index (χ2v) is 18.0. The van der Waals surface area contributed by atoms with Gasteiger partial charge >= 0.3 is 0 Å². The Morgan fingerprint density at radius 2 is 0.864 bits per heavy atom. The van der Waals surface area contributed by atoms with E-state index in [1.54, 1.807) is 0 Å². The van der Waals surface area contributed by atoms with E-state index in [0.717, 1.165) is 38.9 Å². The van der Waals surface area contributed by atoms with E-state index in [9.17, 15) is 0 Å². The van der Waals surface area contributed by atoms with Crippen LogP contribution in [0.3, 0.4) is 0 Å². The third kappa shape index (κ3) is 4.08. The largest absolute Gasteiger partial charge is 0.391 e. The van der Waals surface area contributed by atoms with Crippen molar-refractivity contribution in [2.24, 2.45) is 22.9 Å². The Kier molecular flexibility index (Phi) is 6.82. The highest BCUT2D eigenvalue weighted by atomic mass is 31.2. The van der Waals surface area contributed by atoms with E-state index in [1.807, 2.05) is 140 Å². The molecule has 0 unspecified atom stereocenters. The minimum atomic E-state index is -3.36. The van der Waals surface area contributed by atoms with Gasteiger partial charge < -0.3 is 14.0 Å². The lowest BCUT2D eigenvalue weighted by Gasteiger charge is -2.44. The first-order valence-corrected chi connectivity index (χ1v) is 18.9. The van der Waals surface area contributed by atoms with Gasteiger partial charge in [-0.25, -0.2) is 0 Å². The molecule has 0 N–H and O–H groups in total. The van der Waals surface area contributed by atoms with Crippen LogP contribution in [-0.4, -0.2) is 23.1 Å². The molecule has 6 atom stereocenters. The van der Waals surface area contributed by atoms with E-state index in [1.165, 1.54) is 0 Å². The zero-order valence-electron chi connectivity index (χ0n) is 24.2. The molecule has 2 bridgehead atoms. The molecule has 218 valence electrons. The van der Waals surface area contributed by atoms with Crippen LogP contribution in [0.5, 0.6) is 0 Å². The molecule has 8 rings (SSSR count). The fraction of sp³-hybridized carbons (Fsp3) is 0.184. The first-order chi connectivity index (χ1) is 21.6. The summed E-state index contributed by atoms with van der Waals surface area (Å²) in [7, 11) is -6.71. The van der Waals surface area contributed by atoms with Gasteiger partial charge in [0.05, 0.1) is 5.71 Å². The average molecular weight is 614 g/mol. The van der Waals surface area contributed by atoms with Crippen molar-refractivity contribution < 1.29 is 14.0 Å². The van der Waals surface area contributed by atoms with Crippen molar-refractivity contribution in [1.82, 2.24) is 0 Å². The highest BCUT2D eigenvalue weighted by Crippen LogP contribution is 2.73. The normalized spacial score (nSPS) is 25.7. The highest BCUT2D eigenvalue weighted by molar-refractivity contribution is 7.83. The summed E-state index contributed by atoms with van der Waals surface area (Å²) in [6, 6.07) is 49.8. The molecule has 0 spiro atoms. The number of nitrogens with zero attached hydrogens (tertiary/aromatic N) is 1. The molecular weight excluding hydrogens is 580 g/mol. The van der Waals surface area contributed by atoms with Gasteiger partial charge in [0.2, 0.25) is 0 Å². The molecule has 3 aliphatic rings. The molecule has 0 aromatic heterocycles. The minimum Gasteiger partial charge on any atom is -0.391 e. The van der Waals surface area contributed by atoms with Crippen LogP contribution < -0.4 is 21.2 Å². The zero-order valence-corrected chi connectivity index (χ0v) is 26.0. The van der Waals surface area contributed by atoms with E-state index >= 15 is 9.13 Å². The summed E-state index contributed by atoms with van der Waals surface area (Å²) in [4.78, 5) is 6.32. The monoisotopic (exact) mass is 613 g/mol. The second kappa shape index (κ2) is 10.9. The van der Waals surface area contributed by atoms with Gasteiger partial charge in [-0.2, -0.15) is 0 Å². The van der Waals surface area contributed by atoms with Gasteiger partial charge in [-0.3, -0.25) is 0 Å². The van der Waals surface area contributed by atoms with Crippen LogP contribution in [0.15, 0.2) is 157 Å². The Balaban J connectivity index is 1.39. The predicted octanol–water partition coefficient (Wildman–Crippen LogP) is 6.82. The van der Waals surface area contributed by atoms with Crippen molar-refractivity contribution in [3.05, 3.63) is 157 Å². The molecule has 2 aliphatic carbocycles. The van der Waals surface area contributed by atoms with Crippen molar-refractivity contribution in [3.63, 3.8) is 0 Å². The molecule has 0 radical (unpaired) electrons. The Labute approximate surface area is 258 Å². The molecular formula is C38H33NO3P2. The number of rotatable bonds is 7. The lowest BCUT2D eigenvalue weighted by Crippen LogP contribution is -2.50. The van der Waals surface area contributed by atoms with Gasteiger partial charge in [0, 0.05) is 44.4 Å². The minimum absolute atomic E-state index is 0.0237. The summed E-state index contributed by atoms with van der Waals surface area (Å²) in [5.74, 6) is -0.125. The molecule has 4 nitrogen and oxygen atoms in total. The Morgan fingerprint density at radius 1 is 0.500 bits per heavy atom. The van der Waals surface area contributed by atoms with Crippen LogP contribution in [-0.2, 0) is 14.0 Å². The molecule has 5 aromatic rings. The molecule has 0 amide bonds. The topological polar surface area (TPSA) is 55.7 Å². The predicted molar refractivity (Wildman–Crippen MR) is 180 cm³/mol. The van der Waals surface area contributed by atoms with E-state index in [2.05, 4.69) is 12.1 Å². The fourth-order valence-corrected chi connectivity index (χ4v) is 16.9. The molecule has 0 saturated heterocycles. The lowest BCUT2D eigenvalue weighted by atomic mass is 9.80. The van der Waals surface area contributed by atoms with Crippen LogP contribution in [0, 0.1) is 17.8 Å². The number of fused-ring (bicyclic) bond motifs is 5. The number of oxime groups is 1. The number of hydrogen-bond donors (Lipinski definition) is 0. The van der Waals surface area contributed by atoms with Gasteiger partial charge in [0.1, 0.15) is 20.4 Å². The Hall–Kier alpha value is -3.97. The maximum Gasteiger partial charge on any atom is 0.147 e. The van der Waals surface area contributed by atoms with Crippen LogP contribution in [0.25, 0.3) is 0 Å². The average Bonchev–Trinajstić information content (AvgIpc) is 3.82. The SMILES string of the molecule is O=P(c1ccccc1)(c1ccccc1)[C@H]1[C@@H]2C[C@H]([C@H]3C(c4ccccc4)=NO[C@H]23)[C@@H]1P(=O)(c1ccccc1)c1ccccc1. The van der Waals surface area contributed by atoms with Crippen molar-refractivity contribution in [3.8, 4) is 0 Å². The smallest absolute Gasteiger partial charge is 0.147 e. The summed E-state index contributed by atoms with van der Waals surface area (Å²) < 4.78 is 32.6. The molecule has 1 heterocycles. The number of hydrogen-bond acceptors (Lipinski definition) is 4. The molecule has 1 aliphatic heterocycles. The third-order valence-corrected chi connectivity index (χ3v) is 17.6.